The van der Waals surface area contributed by atoms with Crippen LogP contribution in [0.1, 0.15) is 18.1 Å². The van der Waals surface area contributed by atoms with E-state index in [9.17, 15) is 4.79 Å². The van der Waals surface area contributed by atoms with Gasteiger partial charge in [0.15, 0.2) is 0 Å². The van der Waals surface area contributed by atoms with Gasteiger partial charge >= 0.3 is 0 Å². The predicted octanol–water partition coefficient (Wildman–Crippen LogP) is 3.37. The quantitative estimate of drug-likeness (QED) is 0.809. The fourth-order valence-corrected chi connectivity index (χ4v) is 2.42. The Kier molecular flexibility index (Phi) is 6.82. The molecule has 2 aromatic rings. The number of anilines is 1. The second kappa shape index (κ2) is 9.08. The van der Waals surface area contributed by atoms with Gasteiger partial charge in [0.2, 0.25) is 5.91 Å². The lowest BCUT2D eigenvalue weighted by Gasteiger charge is -2.12. The first-order valence-electron chi connectivity index (χ1n) is 8.32. The molecule has 4 heteroatoms. The number of para-hydroxylation sites is 1. The molecule has 0 aliphatic rings. The first-order chi connectivity index (χ1) is 11.6. The average molecular weight is 326 g/mol. The number of nitrogens with one attached hydrogen (secondary N) is 1. The summed E-state index contributed by atoms with van der Waals surface area (Å²) in [6, 6.07) is 15.6. The van der Waals surface area contributed by atoms with E-state index < -0.39 is 0 Å². The summed E-state index contributed by atoms with van der Waals surface area (Å²) in [7, 11) is 4.02. The molecule has 1 N–H and O–H groups in total. The molecule has 0 spiro atoms. The highest BCUT2D eigenvalue weighted by Crippen LogP contribution is 2.17. The average Bonchev–Trinajstić information content (AvgIpc) is 2.55. The van der Waals surface area contributed by atoms with E-state index in [2.05, 4.69) is 17.1 Å². The van der Waals surface area contributed by atoms with Crippen LogP contribution < -0.4 is 10.1 Å². The van der Waals surface area contributed by atoms with Crippen molar-refractivity contribution in [1.29, 1.82) is 0 Å². The van der Waals surface area contributed by atoms with Crippen LogP contribution in [0.15, 0.2) is 48.5 Å². The number of nitrogens with zero attached hydrogens (tertiary/aromatic N) is 1. The van der Waals surface area contributed by atoms with E-state index >= 15 is 0 Å². The third kappa shape index (κ3) is 5.70. The van der Waals surface area contributed by atoms with E-state index in [1.54, 1.807) is 0 Å². The minimum Gasteiger partial charge on any atom is -0.492 e. The molecule has 128 valence electrons. The molecule has 24 heavy (non-hydrogen) atoms. The van der Waals surface area contributed by atoms with E-state index in [0.29, 0.717) is 13.0 Å². The Morgan fingerprint density at radius 3 is 2.67 bits per heavy atom. The van der Waals surface area contributed by atoms with Crippen molar-refractivity contribution < 1.29 is 9.53 Å². The van der Waals surface area contributed by atoms with E-state index in [0.717, 1.165) is 35.5 Å². The maximum Gasteiger partial charge on any atom is 0.228 e. The Hall–Kier alpha value is -2.33. The topological polar surface area (TPSA) is 41.6 Å². The number of hydrogen-bond acceptors (Lipinski definition) is 3. The Labute approximate surface area is 144 Å². The van der Waals surface area contributed by atoms with Crippen LogP contribution in [0.4, 0.5) is 5.69 Å². The van der Waals surface area contributed by atoms with Gasteiger partial charge in [-0.15, -0.1) is 0 Å². The van der Waals surface area contributed by atoms with E-state index in [-0.39, 0.29) is 5.91 Å². The third-order valence-corrected chi connectivity index (χ3v) is 3.74. The minimum atomic E-state index is -0.0126. The highest BCUT2D eigenvalue weighted by molar-refractivity contribution is 5.93. The van der Waals surface area contributed by atoms with Gasteiger partial charge in [0.25, 0.3) is 0 Å². The van der Waals surface area contributed by atoms with Gasteiger partial charge in [-0.2, -0.15) is 0 Å². The van der Waals surface area contributed by atoms with Crippen molar-refractivity contribution in [2.75, 3.05) is 32.6 Å². The smallest absolute Gasteiger partial charge is 0.228 e. The summed E-state index contributed by atoms with van der Waals surface area (Å²) in [6.45, 7) is 3.57. The minimum absolute atomic E-state index is 0.0126. The van der Waals surface area contributed by atoms with Crippen molar-refractivity contribution in [2.24, 2.45) is 0 Å². The van der Waals surface area contributed by atoms with Crippen molar-refractivity contribution in [2.45, 2.75) is 19.8 Å². The fraction of sp³-hybridized carbons (Fsp3) is 0.350. The number of benzene rings is 2. The van der Waals surface area contributed by atoms with Crippen molar-refractivity contribution in [1.82, 2.24) is 4.90 Å². The van der Waals surface area contributed by atoms with Crippen LogP contribution >= 0.6 is 0 Å². The third-order valence-electron chi connectivity index (χ3n) is 3.74. The van der Waals surface area contributed by atoms with Crippen LogP contribution in [-0.4, -0.2) is 38.1 Å². The lowest BCUT2D eigenvalue weighted by Crippen LogP contribution is -2.19. The number of hydrogen-bond donors (Lipinski definition) is 1. The number of carbonyl (C=O) groups excluding carboxylic acids is 1. The Bertz CT molecular complexity index is 668. The summed E-state index contributed by atoms with van der Waals surface area (Å²) in [5, 5.41) is 3.00. The SMILES string of the molecule is CCc1ccccc1NC(=O)Cc1cccc(OCCN(C)C)c1. The van der Waals surface area contributed by atoms with Crippen molar-refractivity contribution in [3.8, 4) is 5.75 Å². The first-order valence-corrected chi connectivity index (χ1v) is 8.32. The molecule has 0 saturated heterocycles. The second-order valence-corrected chi connectivity index (χ2v) is 6.03. The second-order valence-electron chi connectivity index (χ2n) is 6.03. The normalized spacial score (nSPS) is 10.7. The molecule has 0 unspecified atom stereocenters. The van der Waals surface area contributed by atoms with E-state index in [1.807, 2.05) is 62.6 Å². The zero-order valence-electron chi connectivity index (χ0n) is 14.7. The number of amides is 1. The van der Waals surface area contributed by atoms with Crippen LogP contribution in [-0.2, 0) is 17.6 Å². The molecule has 0 atom stereocenters. The summed E-state index contributed by atoms with van der Waals surface area (Å²) in [5.41, 5.74) is 2.99. The number of aryl methyl sites for hydroxylation is 1. The van der Waals surface area contributed by atoms with Crippen LogP contribution in [0.5, 0.6) is 5.75 Å². The summed E-state index contributed by atoms with van der Waals surface area (Å²) in [6.07, 6.45) is 1.23. The number of rotatable bonds is 8. The van der Waals surface area contributed by atoms with Gasteiger partial charge in [-0.25, -0.2) is 0 Å². The van der Waals surface area contributed by atoms with Gasteiger partial charge in [0, 0.05) is 12.2 Å². The van der Waals surface area contributed by atoms with Crippen LogP contribution in [0.2, 0.25) is 0 Å². The summed E-state index contributed by atoms with van der Waals surface area (Å²) >= 11 is 0. The summed E-state index contributed by atoms with van der Waals surface area (Å²) in [4.78, 5) is 14.4. The Balaban J connectivity index is 1.94. The number of carbonyl (C=O) groups is 1. The molecule has 0 radical (unpaired) electrons. The lowest BCUT2D eigenvalue weighted by atomic mass is 10.1. The lowest BCUT2D eigenvalue weighted by molar-refractivity contribution is -0.115. The van der Waals surface area contributed by atoms with Crippen LogP contribution in [0, 0.1) is 0 Å². The molecule has 0 heterocycles. The largest absolute Gasteiger partial charge is 0.492 e. The maximum absolute atomic E-state index is 12.3. The monoisotopic (exact) mass is 326 g/mol. The van der Waals surface area contributed by atoms with Crippen molar-refractivity contribution in [3.05, 3.63) is 59.7 Å². The highest BCUT2D eigenvalue weighted by atomic mass is 16.5. The van der Waals surface area contributed by atoms with Gasteiger partial charge in [-0.1, -0.05) is 37.3 Å². The molecule has 0 bridgehead atoms. The number of ether oxygens (including phenoxy) is 1. The summed E-state index contributed by atoms with van der Waals surface area (Å²) in [5.74, 6) is 0.789. The van der Waals surface area contributed by atoms with Gasteiger partial charge in [-0.05, 0) is 49.8 Å². The summed E-state index contributed by atoms with van der Waals surface area (Å²) < 4.78 is 5.72. The zero-order chi connectivity index (χ0) is 17.4. The van der Waals surface area contributed by atoms with Gasteiger partial charge in [0.1, 0.15) is 12.4 Å². The Morgan fingerprint density at radius 1 is 1.12 bits per heavy atom. The Morgan fingerprint density at radius 2 is 1.92 bits per heavy atom. The zero-order valence-corrected chi connectivity index (χ0v) is 14.7. The van der Waals surface area contributed by atoms with E-state index in [1.165, 1.54) is 0 Å². The van der Waals surface area contributed by atoms with Crippen molar-refractivity contribution in [3.63, 3.8) is 0 Å². The highest BCUT2D eigenvalue weighted by Gasteiger charge is 2.07. The molecular formula is C20H26N2O2. The maximum atomic E-state index is 12.3. The first kappa shape index (κ1) is 18.0. The van der Waals surface area contributed by atoms with Gasteiger partial charge in [0.05, 0.1) is 6.42 Å². The standard InChI is InChI=1S/C20H26N2O2/c1-4-17-9-5-6-11-19(17)21-20(23)15-16-8-7-10-18(14-16)24-13-12-22(2)3/h5-11,14H,4,12-13,15H2,1-3H3,(H,21,23). The molecule has 4 nitrogen and oxygen atoms in total. The van der Waals surface area contributed by atoms with E-state index in [4.69, 9.17) is 4.74 Å². The van der Waals surface area contributed by atoms with Gasteiger partial charge < -0.3 is 15.0 Å². The molecule has 0 fully saturated rings. The molecule has 0 aliphatic heterocycles. The molecule has 2 aromatic carbocycles. The molecule has 0 aliphatic carbocycles. The van der Waals surface area contributed by atoms with Gasteiger partial charge in [-0.3, -0.25) is 4.79 Å². The molecule has 0 aromatic heterocycles. The molecule has 1 amide bonds. The molecule has 2 rings (SSSR count). The van der Waals surface area contributed by atoms with Crippen LogP contribution in [0.3, 0.4) is 0 Å². The number of likely N-dealkylation sites (N-methyl/N-ethyl adjacent to an activating group) is 1. The van der Waals surface area contributed by atoms with Crippen LogP contribution in [0.25, 0.3) is 0 Å². The van der Waals surface area contributed by atoms with Crippen molar-refractivity contribution >= 4 is 11.6 Å². The molecular weight excluding hydrogens is 300 g/mol. The fourth-order valence-electron chi connectivity index (χ4n) is 2.42. The molecule has 0 saturated carbocycles. The predicted molar refractivity (Wildman–Crippen MR) is 98.6 cm³/mol.